The molecule has 2 aliphatic heterocycles. The van der Waals surface area contributed by atoms with Crippen LogP contribution in [-0.2, 0) is 9.59 Å². The summed E-state index contributed by atoms with van der Waals surface area (Å²) in [5, 5.41) is 12.7. The van der Waals surface area contributed by atoms with Gasteiger partial charge in [0.1, 0.15) is 0 Å². The molecule has 5 nitrogen and oxygen atoms in total. The zero-order chi connectivity index (χ0) is 12.6. The molecule has 2 heterocycles. The Hall–Kier alpha value is -1.10. The maximum atomic E-state index is 11.9. The molecule has 2 saturated heterocycles. The molecule has 1 amide bonds. The Labute approximate surface area is 101 Å². The summed E-state index contributed by atoms with van der Waals surface area (Å²) in [6.45, 7) is 4.55. The molecule has 3 unspecified atom stereocenters. The second-order valence-electron chi connectivity index (χ2n) is 5.22. The van der Waals surface area contributed by atoms with Gasteiger partial charge in [0.25, 0.3) is 0 Å². The number of nitrogens with zero attached hydrogens (tertiary/aromatic N) is 2. The van der Waals surface area contributed by atoms with Crippen molar-refractivity contribution < 1.29 is 14.7 Å². The fourth-order valence-electron chi connectivity index (χ4n) is 2.96. The predicted octanol–water partition coefficient (Wildman–Crippen LogP) is 1.10. The summed E-state index contributed by atoms with van der Waals surface area (Å²) in [4.78, 5) is 22.8. The first-order valence-corrected chi connectivity index (χ1v) is 6.32. The maximum Gasteiger partial charge on any atom is 0.308 e. The minimum atomic E-state index is -0.863. The number of hydrogen-bond donors (Lipinski definition) is 1. The summed E-state index contributed by atoms with van der Waals surface area (Å²) in [5.41, 5.74) is 0. The highest BCUT2D eigenvalue weighted by Gasteiger charge is 2.41. The first-order valence-electron chi connectivity index (χ1n) is 6.32. The average Bonchev–Trinajstić information content (AvgIpc) is 2.61. The van der Waals surface area contributed by atoms with Crippen molar-refractivity contribution >= 4 is 11.9 Å². The lowest BCUT2D eigenvalue weighted by atomic mass is 9.99. The van der Waals surface area contributed by atoms with E-state index in [1.54, 1.807) is 5.01 Å². The highest BCUT2D eigenvalue weighted by atomic mass is 16.4. The number of carbonyl (C=O) groups excluding carboxylic acids is 1. The lowest BCUT2D eigenvalue weighted by molar-refractivity contribution is -0.156. The van der Waals surface area contributed by atoms with Crippen LogP contribution in [0.25, 0.3) is 0 Å². The Bertz CT molecular complexity index is 322. The van der Waals surface area contributed by atoms with E-state index >= 15 is 0 Å². The summed E-state index contributed by atoms with van der Waals surface area (Å²) in [5.74, 6) is -1.44. The van der Waals surface area contributed by atoms with Crippen LogP contribution in [0.15, 0.2) is 0 Å². The molecule has 3 atom stereocenters. The van der Waals surface area contributed by atoms with Gasteiger partial charge in [-0.1, -0.05) is 6.42 Å². The Balaban J connectivity index is 2.11. The van der Waals surface area contributed by atoms with Gasteiger partial charge in [0.2, 0.25) is 5.91 Å². The van der Waals surface area contributed by atoms with E-state index in [-0.39, 0.29) is 12.3 Å². The highest BCUT2D eigenvalue weighted by molar-refractivity contribution is 5.85. The normalized spacial score (nSPS) is 35.3. The van der Waals surface area contributed by atoms with Crippen molar-refractivity contribution in [3.8, 4) is 0 Å². The minimum absolute atomic E-state index is 0.0435. The summed E-state index contributed by atoms with van der Waals surface area (Å²) >= 11 is 0. The number of carboxylic acid groups (broad SMARTS) is 1. The van der Waals surface area contributed by atoms with E-state index in [4.69, 9.17) is 5.11 Å². The molecular weight excluding hydrogens is 220 g/mol. The molecule has 0 saturated carbocycles. The van der Waals surface area contributed by atoms with Crippen LogP contribution in [0.3, 0.4) is 0 Å². The molecule has 2 rings (SSSR count). The van der Waals surface area contributed by atoms with Crippen molar-refractivity contribution in [2.24, 2.45) is 5.92 Å². The molecule has 0 aromatic heterocycles. The van der Waals surface area contributed by atoms with Crippen molar-refractivity contribution in [3.63, 3.8) is 0 Å². The van der Waals surface area contributed by atoms with Crippen LogP contribution in [0, 0.1) is 5.92 Å². The molecule has 2 fully saturated rings. The van der Waals surface area contributed by atoms with Gasteiger partial charge in [-0.15, -0.1) is 0 Å². The van der Waals surface area contributed by atoms with Crippen molar-refractivity contribution in [3.05, 3.63) is 0 Å². The molecule has 96 valence electrons. The van der Waals surface area contributed by atoms with Crippen LogP contribution in [0.5, 0.6) is 0 Å². The van der Waals surface area contributed by atoms with Gasteiger partial charge in [-0.3, -0.25) is 14.6 Å². The summed E-state index contributed by atoms with van der Waals surface area (Å²) < 4.78 is 0. The van der Waals surface area contributed by atoms with Crippen LogP contribution in [-0.4, -0.2) is 45.6 Å². The number of hydrazine groups is 1. The van der Waals surface area contributed by atoms with E-state index in [0.29, 0.717) is 18.6 Å². The summed E-state index contributed by atoms with van der Waals surface area (Å²) in [7, 11) is 0. The fourth-order valence-corrected chi connectivity index (χ4v) is 2.96. The second-order valence-corrected chi connectivity index (χ2v) is 5.22. The van der Waals surface area contributed by atoms with Crippen molar-refractivity contribution in [1.29, 1.82) is 0 Å². The van der Waals surface area contributed by atoms with Gasteiger partial charge >= 0.3 is 5.97 Å². The van der Waals surface area contributed by atoms with E-state index in [1.807, 2.05) is 0 Å². The maximum absolute atomic E-state index is 11.9. The van der Waals surface area contributed by atoms with Gasteiger partial charge in [-0.05, 0) is 26.7 Å². The Kier molecular flexibility index (Phi) is 3.38. The van der Waals surface area contributed by atoms with Gasteiger partial charge in [-0.25, -0.2) is 5.01 Å². The van der Waals surface area contributed by atoms with Gasteiger partial charge < -0.3 is 5.11 Å². The second kappa shape index (κ2) is 4.64. The predicted molar refractivity (Wildman–Crippen MR) is 62.1 cm³/mol. The van der Waals surface area contributed by atoms with Gasteiger partial charge in [0.15, 0.2) is 0 Å². The van der Waals surface area contributed by atoms with Crippen LogP contribution in [0.1, 0.15) is 39.5 Å². The number of carbonyl (C=O) groups is 2. The topological polar surface area (TPSA) is 60.9 Å². The molecule has 1 N–H and O–H groups in total. The van der Waals surface area contributed by atoms with Crippen LogP contribution in [0.2, 0.25) is 0 Å². The molecule has 17 heavy (non-hydrogen) atoms. The average molecular weight is 240 g/mol. The number of amides is 1. The molecular formula is C12H20N2O3. The lowest BCUT2D eigenvalue weighted by Gasteiger charge is -2.44. The molecule has 0 aromatic rings. The number of piperidine rings is 1. The summed E-state index contributed by atoms with van der Waals surface area (Å²) in [6.07, 6.45) is 3.48. The van der Waals surface area contributed by atoms with Crippen LogP contribution < -0.4 is 0 Å². The monoisotopic (exact) mass is 240 g/mol. The van der Waals surface area contributed by atoms with Crippen molar-refractivity contribution in [1.82, 2.24) is 10.0 Å². The number of rotatable bonds is 2. The standard InChI is InChI=1S/C12H20N2O3/c1-8-4-3-5-9(2)14(8)13-7-10(12(16)17)6-11(13)15/h8-10H,3-7H2,1-2H3,(H,16,17). The molecule has 0 spiro atoms. The van der Waals surface area contributed by atoms with Crippen molar-refractivity contribution in [2.45, 2.75) is 51.6 Å². The molecule has 2 aliphatic rings. The van der Waals surface area contributed by atoms with Gasteiger partial charge in [0, 0.05) is 18.5 Å². The number of aliphatic carboxylic acids is 1. The molecule has 0 aromatic carbocycles. The molecule has 0 radical (unpaired) electrons. The van der Waals surface area contributed by atoms with E-state index in [1.165, 1.54) is 6.42 Å². The Morgan fingerprint density at radius 3 is 2.35 bits per heavy atom. The minimum Gasteiger partial charge on any atom is -0.481 e. The van der Waals surface area contributed by atoms with Crippen molar-refractivity contribution in [2.75, 3.05) is 6.54 Å². The first-order chi connectivity index (χ1) is 8.00. The zero-order valence-electron chi connectivity index (χ0n) is 10.4. The van der Waals surface area contributed by atoms with E-state index in [0.717, 1.165) is 12.8 Å². The van der Waals surface area contributed by atoms with Gasteiger partial charge in [-0.2, -0.15) is 0 Å². The third-order valence-corrected chi connectivity index (χ3v) is 3.88. The lowest BCUT2D eigenvalue weighted by Crippen LogP contribution is -2.55. The van der Waals surface area contributed by atoms with E-state index in [2.05, 4.69) is 18.9 Å². The largest absolute Gasteiger partial charge is 0.481 e. The summed E-state index contributed by atoms with van der Waals surface area (Å²) in [6, 6.07) is 0.658. The third kappa shape index (κ3) is 2.29. The number of hydrogen-bond acceptors (Lipinski definition) is 3. The zero-order valence-corrected chi connectivity index (χ0v) is 10.4. The van der Waals surface area contributed by atoms with Crippen LogP contribution >= 0.6 is 0 Å². The van der Waals surface area contributed by atoms with E-state index in [9.17, 15) is 9.59 Å². The molecule has 0 bridgehead atoms. The SMILES string of the molecule is CC1CCCC(C)N1N1CC(C(=O)O)CC1=O. The molecule has 0 aliphatic carbocycles. The number of carboxylic acids is 1. The van der Waals surface area contributed by atoms with Gasteiger partial charge in [0.05, 0.1) is 12.5 Å². The third-order valence-electron chi connectivity index (χ3n) is 3.88. The fraction of sp³-hybridized carbons (Fsp3) is 0.833. The molecule has 5 heteroatoms. The Morgan fingerprint density at radius 2 is 1.88 bits per heavy atom. The van der Waals surface area contributed by atoms with Crippen LogP contribution in [0.4, 0.5) is 0 Å². The van der Waals surface area contributed by atoms with E-state index < -0.39 is 11.9 Å². The highest BCUT2D eigenvalue weighted by Crippen LogP contribution is 2.29. The Morgan fingerprint density at radius 1 is 1.29 bits per heavy atom. The first kappa shape index (κ1) is 12.4. The smallest absolute Gasteiger partial charge is 0.308 e. The quantitative estimate of drug-likeness (QED) is 0.785.